The lowest BCUT2D eigenvalue weighted by Gasteiger charge is -2.22. The Morgan fingerprint density at radius 3 is 2.55 bits per heavy atom. The molecular formula is C20H23ClN3O4P. The van der Waals surface area contributed by atoms with Gasteiger partial charge in [-0.2, -0.15) is 0 Å². The molecule has 0 aliphatic rings. The van der Waals surface area contributed by atoms with E-state index in [0.29, 0.717) is 22.0 Å². The third-order valence-electron chi connectivity index (χ3n) is 4.26. The molecule has 2 aromatic rings. The van der Waals surface area contributed by atoms with Gasteiger partial charge in [-0.05, 0) is 60.2 Å². The number of nitrogens with two attached hydrogens (primary N) is 1. The molecule has 0 aliphatic carbocycles. The molecule has 1 atom stereocenters. The van der Waals surface area contributed by atoms with Crippen molar-refractivity contribution in [2.75, 3.05) is 17.7 Å². The predicted octanol–water partition coefficient (Wildman–Crippen LogP) is 3.38. The maximum absolute atomic E-state index is 12.5. The van der Waals surface area contributed by atoms with Gasteiger partial charge < -0.3 is 25.7 Å². The largest absolute Gasteiger partial charge is 0.399 e. The van der Waals surface area contributed by atoms with E-state index in [2.05, 4.69) is 11.9 Å². The highest BCUT2D eigenvalue weighted by Crippen LogP contribution is 2.44. The normalized spacial score (nSPS) is 12.6. The van der Waals surface area contributed by atoms with Crippen LogP contribution in [0.4, 0.5) is 11.4 Å². The number of hydrogen-bond acceptors (Lipinski definition) is 4. The Morgan fingerprint density at radius 1 is 1.31 bits per heavy atom. The van der Waals surface area contributed by atoms with Gasteiger partial charge in [0.05, 0.1) is 0 Å². The molecular weight excluding hydrogens is 413 g/mol. The molecule has 0 fully saturated rings. The quantitative estimate of drug-likeness (QED) is 0.373. The van der Waals surface area contributed by atoms with Gasteiger partial charge in [0.25, 0.3) is 0 Å². The maximum atomic E-state index is 12.5. The first-order valence-electron chi connectivity index (χ1n) is 8.63. The Morgan fingerprint density at radius 2 is 1.97 bits per heavy atom. The van der Waals surface area contributed by atoms with Crippen LogP contribution in [0.15, 0.2) is 61.4 Å². The first kappa shape index (κ1) is 22.7. The molecule has 0 aromatic heterocycles. The number of anilines is 2. The topological polar surface area (TPSA) is 116 Å². The first-order valence-corrected chi connectivity index (χ1v) is 10.7. The number of hydrogen-bond donors (Lipinski definition) is 4. The van der Waals surface area contributed by atoms with E-state index >= 15 is 0 Å². The lowest BCUT2D eigenvalue weighted by molar-refractivity contribution is -0.120. The zero-order chi connectivity index (χ0) is 21.6. The van der Waals surface area contributed by atoms with Crippen molar-refractivity contribution in [1.29, 1.82) is 0 Å². The second kappa shape index (κ2) is 9.76. The van der Waals surface area contributed by atoms with Crippen LogP contribution in [0.1, 0.15) is 11.1 Å². The minimum absolute atomic E-state index is 0.195. The second-order valence-electron chi connectivity index (χ2n) is 6.38. The molecule has 0 radical (unpaired) electrons. The van der Waals surface area contributed by atoms with E-state index < -0.39 is 19.2 Å². The van der Waals surface area contributed by atoms with Crippen molar-refractivity contribution in [3.8, 4) is 0 Å². The summed E-state index contributed by atoms with van der Waals surface area (Å²) in [6, 6.07) is 11.9. The fraction of sp³-hybridized carbons (Fsp3) is 0.150. The Hall–Kier alpha value is -2.57. The standard InChI is InChI=1S/C20H23ClN3O4P/c1-3-24(2)18-9-6-16(21)12-15(18)13-19(29(26,27)28)20(25)23-11-10-14-4-7-17(22)8-5-14/h3-12,19H,1,13,22H2,2H3,(H,23,25)(H2,26,27,28)/b11-10+. The molecule has 154 valence electrons. The summed E-state index contributed by atoms with van der Waals surface area (Å²) in [6.07, 6.45) is 4.30. The summed E-state index contributed by atoms with van der Waals surface area (Å²) in [5, 5.41) is 2.84. The van der Waals surface area contributed by atoms with E-state index in [0.717, 1.165) is 5.56 Å². The highest BCUT2D eigenvalue weighted by Gasteiger charge is 2.36. The average molecular weight is 436 g/mol. The van der Waals surface area contributed by atoms with Crippen molar-refractivity contribution < 1.29 is 19.1 Å². The number of nitrogens with one attached hydrogen (secondary N) is 1. The van der Waals surface area contributed by atoms with Crippen molar-refractivity contribution in [2.45, 2.75) is 12.1 Å². The molecule has 0 spiro atoms. The fourth-order valence-corrected chi connectivity index (χ4v) is 3.67. The minimum atomic E-state index is -4.74. The molecule has 0 saturated heterocycles. The van der Waals surface area contributed by atoms with Crippen LogP contribution in [0.25, 0.3) is 6.08 Å². The monoisotopic (exact) mass is 435 g/mol. The number of carbonyl (C=O) groups is 1. The number of nitrogens with zero attached hydrogens (tertiary/aromatic N) is 1. The number of benzene rings is 2. The van der Waals surface area contributed by atoms with Gasteiger partial charge in [-0.15, -0.1) is 0 Å². The molecule has 0 bridgehead atoms. The summed E-state index contributed by atoms with van der Waals surface area (Å²) >= 11 is 6.05. The van der Waals surface area contributed by atoms with Crippen molar-refractivity contribution in [3.05, 3.63) is 77.6 Å². The third-order valence-corrected chi connectivity index (χ3v) is 5.72. The number of nitrogen functional groups attached to an aromatic ring is 1. The van der Waals surface area contributed by atoms with Crippen molar-refractivity contribution in [3.63, 3.8) is 0 Å². The molecule has 0 heterocycles. The molecule has 9 heteroatoms. The van der Waals surface area contributed by atoms with Gasteiger partial charge in [-0.3, -0.25) is 9.36 Å². The van der Waals surface area contributed by atoms with E-state index in [1.807, 2.05) is 0 Å². The minimum Gasteiger partial charge on any atom is -0.399 e. The summed E-state index contributed by atoms with van der Waals surface area (Å²) in [5.74, 6) is -0.794. The Balaban J connectivity index is 2.23. The highest BCUT2D eigenvalue weighted by molar-refractivity contribution is 7.53. The van der Waals surface area contributed by atoms with Gasteiger partial charge in [-0.25, -0.2) is 0 Å². The Labute approximate surface area is 174 Å². The van der Waals surface area contributed by atoms with Gasteiger partial charge >= 0.3 is 7.60 Å². The molecule has 0 saturated carbocycles. The average Bonchev–Trinajstić information content (AvgIpc) is 2.66. The lowest BCUT2D eigenvalue weighted by atomic mass is 10.1. The molecule has 2 rings (SSSR count). The SMILES string of the molecule is C=CN(C)c1ccc(Cl)cc1CC(C(=O)N/C=C/c1ccc(N)cc1)P(=O)(O)O. The van der Waals surface area contributed by atoms with Crippen LogP contribution in [-0.4, -0.2) is 28.4 Å². The molecule has 0 aliphatic heterocycles. The molecule has 5 N–H and O–H groups in total. The third kappa shape index (κ3) is 6.48. The smallest absolute Gasteiger partial charge is 0.338 e. The summed E-state index contributed by atoms with van der Waals surface area (Å²) in [7, 11) is -3.00. The Bertz CT molecular complexity index is 957. The second-order valence-corrected chi connectivity index (χ2v) is 8.62. The van der Waals surface area contributed by atoms with Crippen molar-refractivity contribution in [2.24, 2.45) is 0 Å². The van der Waals surface area contributed by atoms with Gasteiger partial charge in [0, 0.05) is 29.6 Å². The van der Waals surface area contributed by atoms with Crippen LogP contribution in [0, 0.1) is 0 Å². The highest BCUT2D eigenvalue weighted by atomic mass is 35.5. The lowest BCUT2D eigenvalue weighted by Crippen LogP contribution is -2.33. The van der Waals surface area contributed by atoms with Crippen LogP contribution >= 0.6 is 19.2 Å². The van der Waals surface area contributed by atoms with Gasteiger partial charge in [-0.1, -0.05) is 30.3 Å². The molecule has 1 amide bonds. The van der Waals surface area contributed by atoms with E-state index in [-0.39, 0.29) is 6.42 Å². The number of rotatable bonds is 8. The molecule has 7 nitrogen and oxygen atoms in total. The predicted molar refractivity (Wildman–Crippen MR) is 118 cm³/mol. The van der Waals surface area contributed by atoms with Crippen LogP contribution < -0.4 is 16.0 Å². The summed E-state index contributed by atoms with van der Waals surface area (Å²) in [4.78, 5) is 33.7. The van der Waals surface area contributed by atoms with Gasteiger partial charge in [0.1, 0.15) is 5.66 Å². The van der Waals surface area contributed by atoms with Crippen LogP contribution in [0.3, 0.4) is 0 Å². The Kier molecular flexibility index (Phi) is 7.65. The molecule has 1 unspecified atom stereocenters. The van der Waals surface area contributed by atoms with Crippen molar-refractivity contribution >= 4 is 42.6 Å². The van der Waals surface area contributed by atoms with E-state index in [9.17, 15) is 19.1 Å². The van der Waals surface area contributed by atoms with E-state index in [1.165, 1.54) is 6.20 Å². The molecule has 29 heavy (non-hydrogen) atoms. The van der Waals surface area contributed by atoms with Crippen molar-refractivity contribution in [1.82, 2.24) is 5.32 Å². The van der Waals surface area contributed by atoms with Crippen LogP contribution in [0.5, 0.6) is 0 Å². The summed E-state index contributed by atoms with van der Waals surface area (Å²) in [6.45, 7) is 3.68. The zero-order valence-electron chi connectivity index (χ0n) is 15.8. The van der Waals surface area contributed by atoms with Gasteiger partial charge in [0.2, 0.25) is 5.91 Å². The maximum Gasteiger partial charge on any atom is 0.338 e. The molecule has 2 aromatic carbocycles. The van der Waals surface area contributed by atoms with E-state index in [4.69, 9.17) is 17.3 Å². The first-order chi connectivity index (χ1) is 13.6. The number of amides is 1. The number of carbonyl (C=O) groups excluding carboxylic acids is 1. The summed E-state index contributed by atoms with van der Waals surface area (Å²) < 4.78 is 12.0. The van der Waals surface area contributed by atoms with Gasteiger partial charge in [0.15, 0.2) is 0 Å². The van der Waals surface area contributed by atoms with Crippen LogP contribution in [0.2, 0.25) is 5.02 Å². The van der Waals surface area contributed by atoms with E-state index in [1.54, 1.807) is 66.7 Å². The zero-order valence-corrected chi connectivity index (χ0v) is 17.5. The number of halogens is 1. The fourth-order valence-electron chi connectivity index (χ4n) is 2.66. The summed E-state index contributed by atoms with van der Waals surface area (Å²) in [5.41, 5.74) is 6.59. The van der Waals surface area contributed by atoms with Crippen LogP contribution in [-0.2, 0) is 15.8 Å².